The van der Waals surface area contributed by atoms with E-state index < -0.39 is 5.97 Å². The van der Waals surface area contributed by atoms with Crippen LogP contribution in [0.3, 0.4) is 0 Å². The Morgan fingerprint density at radius 1 is 1.53 bits per heavy atom. The van der Waals surface area contributed by atoms with E-state index in [1.54, 1.807) is 12.1 Å². The maximum Gasteiger partial charge on any atom is 0.335 e. The number of benzene rings is 1. The second kappa shape index (κ2) is 6.09. The van der Waals surface area contributed by atoms with Gasteiger partial charge in [0, 0.05) is 19.3 Å². The zero-order valence-corrected chi connectivity index (χ0v) is 10.4. The minimum Gasteiger partial charge on any atom is -0.478 e. The van der Waals surface area contributed by atoms with Crippen LogP contribution in [0.2, 0.25) is 0 Å². The molecular weight excluding hydrogens is 214 g/mol. The van der Waals surface area contributed by atoms with Gasteiger partial charge in [0.25, 0.3) is 0 Å². The lowest BCUT2D eigenvalue weighted by molar-refractivity contribution is 0.0697. The number of carboxylic acid groups (broad SMARTS) is 1. The molecule has 0 saturated carbocycles. The molecule has 0 bridgehead atoms. The fourth-order valence-corrected chi connectivity index (χ4v) is 1.81. The van der Waals surface area contributed by atoms with E-state index in [9.17, 15) is 4.79 Å². The third-order valence-electron chi connectivity index (χ3n) is 2.76. The van der Waals surface area contributed by atoms with E-state index in [2.05, 4.69) is 11.5 Å². The Bertz CT molecular complexity index is 413. The van der Waals surface area contributed by atoms with Gasteiger partial charge in [-0.2, -0.15) is 0 Å². The van der Waals surface area contributed by atoms with Gasteiger partial charge < -0.3 is 10.0 Å². The van der Waals surface area contributed by atoms with Crippen LogP contribution < -0.4 is 4.90 Å². The smallest absolute Gasteiger partial charge is 0.335 e. The maximum atomic E-state index is 10.8. The lowest BCUT2D eigenvalue weighted by Gasteiger charge is -2.21. The normalized spacial score (nSPS) is 10.0. The molecule has 0 aliphatic carbocycles. The van der Waals surface area contributed by atoms with Crippen molar-refractivity contribution >= 4 is 11.7 Å². The Labute approximate surface area is 102 Å². The number of unbranched alkanes of at least 4 members (excludes halogenated alkanes) is 1. The zero-order chi connectivity index (χ0) is 12.8. The van der Waals surface area contributed by atoms with Gasteiger partial charge in [0.05, 0.1) is 5.56 Å². The molecule has 1 aromatic rings. The van der Waals surface area contributed by atoms with Crippen LogP contribution in [0, 0.1) is 6.92 Å². The van der Waals surface area contributed by atoms with Crippen LogP contribution >= 0.6 is 0 Å². The van der Waals surface area contributed by atoms with Gasteiger partial charge in [-0.15, -0.1) is 6.58 Å². The van der Waals surface area contributed by atoms with Crippen molar-refractivity contribution in [3.8, 4) is 0 Å². The predicted octanol–water partition coefficient (Wildman–Crippen LogP) is 3.10. The van der Waals surface area contributed by atoms with Crippen molar-refractivity contribution in [1.29, 1.82) is 0 Å². The molecule has 0 heterocycles. The van der Waals surface area contributed by atoms with Gasteiger partial charge in [-0.3, -0.25) is 0 Å². The average Bonchev–Trinajstić information content (AvgIpc) is 2.28. The quantitative estimate of drug-likeness (QED) is 0.606. The molecule has 0 radical (unpaired) electrons. The average molecular weight is 233 g/mol. The Morgan fingerprint density at radius 2 is 2.24 bits per heavy atom. The standard InChI is InChI=1S/C14H19NO2/c1-4-5-6-9-15(3)13-8-7-12(14(16)17)10-11(13)2/h4,7-8,10H,1,5-6,9H2,2-3H3,(H,16,17). The summed E-state index contributed by atoms with van der Waals surface area (Å²) in [4.78, 5) is 13.0. The number of allylic oxidation sites excluding steroid dienone is 1. The molecular formula is C14H19NO2. The third-order valence-corrected chi connectivity index (χ3v) is 2.76. The van der Waals surface area contributed by atoms with Gasteiger partial charge in [-0.25, -0.2) is 4.79 Å². The maximum absolute atomic E-state index is 10.8. The zero-order valence-electron chi connectivity index (χ0n) is 10.4. The SMILES string of the molecule is C=CCCCN(C)c1ccc(C(=O)O)cc1C. The lowest BCUT2D eigenvalue weighted by atomic mass is 10.1. The number of hydrogen-bond donors (Lipinski definition) is 1. The number of anilines is 1. The summed E-state index contributed by atoms with van der Waals surface area (Å²) in [5, 5.41) is 8.89. The molecule has 92 valence electrons. The van der Waals surface area contributed by atoms with Crippen LogP contribution in [-0.4, -0.2) is 24.7 Å². The third kappa shape index (κ3) is 3.63. The van der Waals surface area contributed by atoms with Gasteiger partial charge in [-0.1, -0.05) is 6.08 Å². The van der Waals surface area contributed by atoms with Gasteiger partial charge >= 0.3 is 5.97 Å². The largest absolute Gasteiger partial charge is 0.478 e. The van der Waals surface area contributed by atoms with E-state index in [0.717, 1.165) is 30.6 Å². The van der Waals surface area contributed by atoms with Crippen LogP contribution in [-0.2, 0) is 0 Å². The first-order valence-electron chi connectivity index (χ1n) is 5.72. The van der Waals surface area contributed by atoms with E-state index in [-0.39, 0.29) is 0 Å². The summed E-state index contributed by atoms with van der Waals surface area (Å²) >= 11 is 0. The van der Waals surface area contributed by atoms with Gasteiger partial charge in [-0.05, 0) is 43.5 Å². The fourth-order valence-electron chi connectivity index (χ4n) is 1.81. The minimum absolute atomic E-state index is 0.339. The molecule has 0 unspecified atom stereocenters. The Hall–Kier alpha value is -1.77. The summed E-state index contributed by atoms with van der Waals surface area (Å²) in [6, 6.07) is 5.23. The number of rotatable bonds is 6. The van der Waals surface area contributed by atoms with Crippen LogP contribution in [0.5, 0.6) is 0 Å². The first-order valence-corrected chi connectivity index (χ1v) is 5.72. The lowest BCUT2D eigenvalue weighted by Crippen LogP contribution is -2.19. The summed E-state index contributed by atoms with van der Waals surface area (Å²) in [6.45, 7) is 6.58. The van der Waals surface area contributed by atoms with Crippen molar-refractivity contribution in [3.05, 3.63) is 42.0 Å². The highest BCUT2D eigenvalue weighted by Gasteiger charge is 2.08. The second-order valence-electron chi connectivity index (χ2n) is 4.16. The summed E-state index contributed by atoms with van der Waals surface area (Å²) in [5.41, 5.74) is 2.41. The summed E-state index contributed by atoms with van der Waals surface area (Å²) in [5.74, 6) is -0.881. The van der Waals surface area contributed by atoms with Crippen LogP contribution in [0.4, 0.5) is 5.69 Å². The molecule has 3 heteroatoms. The Morgan fingerprint density at radius 3 is 2.76 bits per heavy atom. The number of hydrogen-bond acceptors (Lipinski definition) is 2. The van der Waals surface area contributed by atoms with E-state index in [4.69, 9.17) is 5.11 Å². The van der Waals surface area contributed by atoms with Crippen molar-refractivity contribution in [2.24, 2.45) is 0 Å². The molecule has 1 aromatic carbocycles. The van der Waals surface area contributed by atoms with Crippen molar-refractivity contribution in [1.82, 2.24) is 0 Å². The van der Waals surface area contributed by atoms with E-state index in [1.807, 2.05) is 26.1 Å². The molecule has 0 saturated heterocycles. The highest BCUT2D eigenvalue weighted by Crippen LogP contribution is 2.20. The van der Waals surface area contributed by atoms with Crippen molar-refractivity contribution in [3.63, 3.8) is 0 Å². The highest BCUT2D eigenvalue weighted by molar-refractivity contribution is 5.88. The monoisotopic (exact) mass is 233 g/mol. The topological polar surface area (TPSA) is 40.5 Å². The molecule has 0 fully saturated rings. The summed E-state index contributed by atoms with van der Waals surface area (Å²) in [6.07, 6.45) is 3.96. The molecule has 0 aliphatic rings. The first kappa shape index (κ1) is 13.3. The van der Waals surface area contributed by atoms with Crippen molar-refractivity contribution in [2.75, 3.05) is 18.5 Å². The van der Waals surface area contributed by atoms with Gasteiger partial charge in [0.1, 0.15) is 0 Å². The van der Waals surface area contributed by atoms with E-state index in [0.29, 0.717) is 5.56 Å². The molecule has 1 rings (SSSR count). The summed E-state index contributed by atoms with van der Waals surface area (Å²) < 4.78 is 0. The molecule has 1 N–H and O–H groups in total. The van der Waals surface area contributed by atoms with Crippen molar-refractivity contribution < 1.29 is 9.90 Å². The number of carbonyl (C=O) groups is 1. The molecule has 3 nitrogen and oxygen atoms in total. The van der Waals surface area contributed by atoms with E-state index in [1.165, 1.54) is 0 Å². The minimum atomic E-state index is -0.881. The van der Waals surface area contributed by atoms with E-state index >= 15 is 0 Å². The van der Waals surface area contributed by atoms with Crippen LogP contribution in [0.15, 0.2) is 30.9 Å². The number of aryl methyl sites for hydroxylation is 1. The molecule has 0 atom stereocenters. The molecule has 0 aromatic heterocycles. The summed E-state index contributed by atoms with van der Waals surface area (Å²) in [7, 11) is 2.02. The van der Waals surface area contributed by atoms with Crippen LogP contribution in [0.1, 0.15) is 28.8 Å². The molecule has 0 spiro atoms. The Kier molecular flexibility index (Phi) is 4.76. The number of aromatic carboxylic acids is 1. The highest BCUT2D eigenvalue weighted by atomic mass is 16.4. The van der Waals surface area contributed by atoms with Gasteiger partial charge in [0.2, 0.25) is 0 Å². The molecule has 0 aliphatic heterocycles. The number of nitrogens with zero attached hydrogens (tertiary/aromatic N) is 1. The second-order valence-corrected chi connectivity index (χ2v) is 4.16. The van der Waals surface area contributed by atoms with Gasteiger partial charge in [0.15, 0.2) is 0 Å². The predicted molar refractivity (Wildman–Crippen MR) is 70.8 cm³/mol. The first-order chi connectivity index (χ1) is 8.06. The number of carboxylic acids is 1. The Balaban J connectivity index is 2.77. The molecule has 0 amide bonds. The van der Waals surface area contributed by atoms with Crippen LogP contribution in [0.25, 0.3) is 0 Å². The molecule has 17 heavy (non-hydrogen) atoms. The van der Waals surface area contributed by atoms with Crippen molar-refractivity contribution in [2.45, 2.75) is 19.8 Å². The fraction of sp³-hybridized carbons (Fsp3) is 0.357.